The molecular formula is C15H20N2O. The Kier molecular flexibility index (Phi) is 2.67. The number of hydrogen-bond donors (Lipinski definition) is 1. The van der Waals surface area contributed by atoms with Crippen molar-refractivity contribution in [2.75, 3.05) is 4.90 Å². The van der Waals surface area contributed by atoms with Crippen molar-refractivity contribution in [1.82, 2.24) is 0 Å². The topological polar surface area (TPSA) is 46.3 Å². The van der Waals surface area contributed by atoms with E-state index in [1.54, 1.807) is 6.92 Å². The Morgan fingerprint density at radius 3 is 2.61 bits per heavy atom. The van der Waals surface area contributed by atoms with Crippen molar-refractivity contribution in [3.63, 3.8) is 0 Å². The van der Waals surface area contributed by atoms with E-state index < -0.39 is 0 Å². The van der Waals surface area contributed by atoms with Crippen LogP contribution in [0.15, 0.2) is 24.3 Å². The summed E-state index contributed by atoms with van der Waals surface area (Å²) in [6.45, 7) is 3.84. The number of para-hydroxylation sites is 1. The number of benzene rings is 1. The van der Waals surface area contributed by atoms with E-state index in [9.17, 15) is 4.79 Å². The number of fused-ring (bicyclic) bond motifs is 1. The van der Waals surface area contributed by atoms with E-state index in [0.29, 0.717) is 11.8 Å². The molecular weight excluding hydrogens is 224 g/mol. The summed E-state index contributed by atoms with van der Waals surface area (Å²) < 4.78 is 0. The minimum atomic E-state index is 0.0439. The zero-order valence-electron chi connectivity index (χ0n) is 11.0. The van der Waals surface area contributed by atoms with Crippen molar-refractivity contribution in [1.29, 1.82) is 0 Å². The van der Waals surface area contributed by atoms with Gasteiger partial charge in [0.2, 0.25) is 5.91 Å². The van der Waals surface area contributed by atoms with E-state index in [0.717, 1.165) is 11.3 Å². The largest absolute Gasteiger partial charge is 0.324 e. The van der Waals surface area contributed by atoms with Gasteiger partial charge in [0.15, 0.2) is 0 Å². The summed E-state index contributed by atoms with van der Waals surface area (Å²) in [5, 5.41) is 0. The van der Waals surface area contributed by atoms with Crippen LogP contribution < -0.4 is 10.6 Å². The molecule has 1 amide bonds. The fraction of sp³-hybridized carbons (Fsp3) is 0.533. The minimum absolute atomic E-state index is 0.0439. The van der Waals surface area contributed by atoms with Gasteiger partial charge in [-0.2, -0.15) is 0 Å². The highest BCUT2D eigenvalue weighted by Crippen LogP contribution is 2.48. The molecule has 2 N–H and O–H groups in total. The quantitative estimate of drug-likeness (QED) is 0.825. The van der Waals surface area contributed by atoms with Gasteiger partial charge in [0.1, 0.15) is 0 Å². The molecule has 1 aliphatic carbocycles. The maximum absolute atomic E-state index is 12.0. The fourth-order valence-electron chi connectivity index (χ4n) is 3.34. The molecule has 0 aromatic heterocycles. The van der Waals surface area contributed by atoms with E-state index in [-0.39, 0.29) is 18.0 Å². The number of amides is 1. The molecule has 1 aromatic rings. The second kappa shape index (κ2) is 4.09. The molecule has 0 radical (unpaired) electrons. The monoisotopic (exact) mass is 244 g/mol. The highest BCUT2D eigenvalue weighted by atomic mass is 16.2. The normalized spacial score (nSPS) is 31.1. The summed E-state index contributed by atoms with van der Waals surface area (Å²) in [6, 6.07) is 8.39. The molecule has 0 saturated heterocycles. The molecule has 0 unspecified atom stereocenters. The summed E-state index contributed by atoms with van der Waals surface area (Å²) >= 11 is 0. The molecule has 2 aliphatic rings. The first kappa shape index (κ1) is 11.7. The second-order valence-corrected chi connectivity index (χ2v) is 5.66. The van der Waals surface area contributed by atoms with E-state index in [4.69, 9.17) is 5.73 Å². The average molecular weight is 244 g/mol. The van der Waals surface area contributed by atoms with Gasteiger partial charge in [0.05, 0.1) is 0 Å². The van der Waals surface area contributed by atoms with Gasteiger partial charge in [-0.1, -0.05) is 25.1 Å². The van der Waals surface area contributed by atoms with Gasteiger partial charge in [-0.05, 0) is 36.3 Å². The lowest BCUT2D eigenvalue weighted by molar-refractivity contribution is -0.117. The van der Waals surface area contributed by atoms with Crippen molar-refractivity contribution in [2.45, 2.75) is 38.8 Å². The minimum Gasteiger partial charge on any atom is -0.324 e. The molecule has 3 atom stereocenters. The first-order valence-corrected chi connectivity index (χ1v) is 6.75. The summed E-state index contributed by atoms with van der Waals surface area (Å²) in [5.41, 5.74) is 8.50. The van der Waals surface area contributed by atoms with Crippen molar-refractivity contribution in [2.24, 2.45) is 17.6 Å². The van der Waals surface area contributed by atoms with Crippen LogP contribution in [-0.2, 0) is 4.79 Å². The number of carbonyl (C=O) groups is 1. The van der Waals surface area contributed by atoms with Crippen molar-refractivity contribution in [3.8, 4) is 0 Å². The van der Waals surface area contributed by atoms with Gasteiger partial charge in [-0.3, -0.25) is 4.79 Å². The highest BCUT2D eigenvalue weighted by Gasteiger charge is 2.46. The van der Waals surface area contributed by atoms with Gasteiger partial charge in [-0.15, -0.1) is 0 Å². The van der Waals surface area contributed by atoms with Crippen molar-refractivity contribution < 1.29 is 4.79 Å². The average Bonchev–Trinajstić information content (AvgIpc) is 3.17. The first-order valence-electron chi connectivity index (χ1n) is 6.75. The first-order chi connectivity index (χ1) is 8.61. The predicted molar refractivity (Wildman–Crippen MR) is 72.2 cm³/mol. The second-order valence-electron chi connectivity index (χ2n) is 5.66. The van der Waals surface area contributed by atoms with Crippen LogP contribution in [0.1, 0.15) is 38.3 Å². The van der Waals surface area contributed by atoms with Crippen LogP contribution in [0.2, 0.25) is 0 Å². The Bertz CT molecular complexity index is 481. The van der Waals surface area contributed by atoms with Crippen LogP contribution in [0.5, 0.6) is 0 Å². The number of nitrogens with two attached hydrogens (primary N) is 1. The Morgan fingerprint density at radius 2 is 2.00 bits per heavy atom. The van der Waals surface area contributed by atoms with Crippen LogP contribution in [0.25, 0.3) is 0 Å². The van der Waals surface area contributed by atoms with E-state index >= 15 is 0 Å². The van der Waals surface area contributed by atoms with Crippen molar-refractivity contribution in [3.05, 3.63) is 29.8 Å². The molecule has 0 spiro atoms. The van der Waals surface area contributed by atoms with E-state index in [2.05, 4.69) is 13.0 Å². The lowest BCUT2D eigenvalue weighted by Crippen LogP contribution is -2.51. The molecule has 18 heavy (non-hydrogen) atoms. The van der Waals surface area contributed by atoms with E-state index in [1.807, 2.05) is 23.1 Å². The number of rotatable bonds is 1. The zero-order chi connectivity index (χ0) is 12.9. The molecule has 1 aliphatic heterocycles. The van der Waals surface area contributed by atoms with Crippen molar-refractivity contribution >= 4 is 11.6 Å². The molecule has 1 heterocycles. The molecule has 1 aromatic carbocycles. The third kappa shape index (κ3) is 1.65. The van der Waals surface area contributed by atoms with Gasteiger partial charge >= 0.3 is 0 Å². The molecule has 1 fully saturated rings. The summed E-state index contributed by atoms with van der Waals surface area (Å²) in [7, 11) is 0. The lowest BCUT2D eigenvalue weighted by Gasteiger charge is -2.44. The number of hydrogen-bond acceptors (Lipinski definition) is 2. The Balaban J connectivity index is 2.11. The maximum atomic E-state index is 12.0. The maximum Gasteiger partial charge on any atom is 0.224 e. The van der Waals surface area contributed by atoms with Crippen LogP contribution in [0, 0.1) is 11.8 Å². The molecule has 3 rings (SSSR count). The third-order valence-corrected chi connectivity index (χ3v) is 4.40. The Hall–Kier alpha value is -1.35. The van der Waals surface area contributed by atoms with Crippen LogP contribution in [0.4, 0.5) is 5.69 Å². The van der Waals surface area contributed by atoms with Crippen LogP contribution in [-0.4, -0.2) is 11.9 Å². The summed E-state index contributed by atoms with van der Waals surface area (Å²) in [5.74, 6) is 1.11. The zero-order valence-corrected chi connectivity index (χ0v) is 11.0. The molecule has 96 valence electrons. The SMILES string of the molecule is CC(=O)N1c2ccccc2[C@H](N)[C@H](C)[C@@H]1C1CC1. The molecule has 1 saturated carbocycles. The van der Waals surface area contributed by atoms with Gasteiger partial charge < -0.3 is 10.6 Å². The number of nitrogens with zero attached hydrogens (tertiary/aromatic N) is 1. The lowest BCUT2D eigenvalue weighted by atomic mass is 9.80. The third-order valence-electron chi connectivity index (χ3n) is 4.40. The number of carbonyl (C=O) groups excluding carboxylic acids is 1. The highest BCUT2D eigenvalue weighted by molar-refractivity contribution is 5.94. The molecule has 3 nitrogen and oxygen atoms in total. The van der Waals surface area contributed by atoms with Gasteiger partial charge in [0, 0.05) is 24.7 Å². The predicted octanol–water partition coefficient (Wildman–Crippen LogP) is 2.47. The number of anilines is 1. The van der Waals surface area contributed by atoms with Gasteiger partial charge in [-0.25, -0.2) is 0 Å². The van der Waals surface area contributed by atoms with Crippen LogP contribution in [0.3, 0.4) is 0 Å². The summed E-state index contributed by atoms with van der Waals surface area (Å²) in [6.07, 6.45) is 2.46. The smallest absolute Gasteiger partial charge is 0.224 e. The Labute approximate surface area is 108 Å². The van der Waals surface area contributed by atoms with Crippen LogP contribution >= 0.6 is 0 Å². The fourth-order valence-corrected chi connectivity index (χ4v) is 3.34. The van der Waals surface area contributed by atoms with E-state index in [1.165, 1.54) is 12.8 Å². The standard InChI is InChI=1S/C15H20N2O/c1-9-14(16)12-5-3-4-6-13(12)17(10(2)18)15(9)11-7-8-11/h3-6,9,11,14-15H,7-8,16H2,1-2H3/t9-,14+,15+/m0/s1. The molecule has 0 bridgehead atoms. The Morgan fingerprint density at radius 1 is 1.33 bits per heavy atom. The van der Waals surface area contributed by atoms with Gasteiger partial charge in [0.25, 0.3) is 0 Å². The molecule has 3 heteroatoms. The summed E-state index contributed by atoms with van der Waals surface area (Å²) in [4.78, 5) is 14.0.